The molecule has 2 atom stereocenters. The Morgan fingerprint density at radius 1 is 1.16 bits per heavy atom. The summed E-state index contributed by atoms with van der Waals surface area (Å²) < 4.78 is 0. The topological polar surface area (TPSA) is 32.3 Å². The highest BCUT2D eigenvalue weighted by molar-refractivity contribution is 5.35. The van der Waals surface area contributed by atoms with Crippen molar-refractivity contribution in [2.75, 3.05) is 13.7 Å². The van der Waals surface area contributed by atoms with Gasteiger partial charge in [0.2, 0.25) is 0 Å². The highest BCUT2D eigenvalue weighted by Gasteiger charge is 2.24. The van der Waals surface area contributed by atoms with E-state index in [9.17, 15) is 5.11 Å². The summed E-state index contributed by atoms with van der Waals surface area (Å²) in [6.07, 6.45) is 5.08. The molecule has 0 saturated carbocycles. The van der Waals surface area contributed by atoms with Crippen LogP contribution in [0.25, 0.3) is 0 Å². The first-order chi connectivity index (χ1) is 9.17. The third-order valence-electron chi connectivity index (χ3n) is 4.54. The Bertz CT molecular complexity index is 414. The van der Waals surface area contributed by atoms with Crippen molar-refractivity contribution in [3.05, 3.63) is 34.9 Å². The van der Waals surface area contributed by atoms with Gasteiger partial charge in [0.1, 0.15) is 0 Å². The molecule has 0 aliphatic heterocycles. The summed E-state index contributed by atoms with van der Waals surface area (Å²) in [5.74, 6) is 0.741. The second-order valence-corrected chi connectivity index (χ2v) is 6.09. The number of rotatable bonds is 5. The van der Waals surface area contributed by atoms with Crippen LogP contribution >= 0.6 is 0 Å². The molecule has 0 radical (unpaired) electrons. The molecule has 2 nitrogen and oxygen atoms in total. The van der Waals surface area contributed by atoms with Gasteiger partial charge in [0.25, 0.3) is 0 Å². The van der Waals surface area contributed by atoms with E-state index in [1.54, 1.807) is 0 Å². The zero-order valence-corrected chi connectivity index (χ0v) is 12.4. The zero-order valence-electron chi connectivity index (χ0n) is 12.4. The summed E-state index contributed by atoms with van der Waals surface area (Å²) in [4.78, 5) is 0. The molecule has 2 unspecified atom stereocenters. The van der Waals surface area contributed by atoms with Crippen molar-refractivity contribution in [2.24, 2.45) is 11.8 Å². The van der Waals surface area contributed by atoms with Gasteiger partial charge in [-0.3, -0.25) is 0 Å². The summed E-state index contributed by atoms with van der Waals surface area (Å²) in [5, 5.41) is 13.1. The van der Waals surface area contributed by atoms with Crippen LogP contribution in [0, 0.1) is 11.8 Å². The first kappa shape index (κ1) is 14.5. The number of aliphatic hydroxyl groups excluding tert-OH is 1. The third kappa shape index (κ3) is 3.18. The highest BCUT2D eigenvalue weighted by Crippen LogP contribution is 2.30. The van der Waals surface area contributed by atoms with E-state index < -0.39 is 0 Å². The Hall–Kier alpha value is -0.860. The number of hydrogen-bond donors (Lipinski definition) is 2. The van der Waals surface area contributed by atoms with E-state index in [1.165, 1.54) is 42.4 Å². The van der Waals surface area contributed by atoms with E-state index in [0.717, 1.165) is 0 Å². The SMILES string of the molecule is CNC(c1ccc2c(c1)CCCC2)C(CO)C(C)C. The predicted molar refractivity (Wildman–Crippen MR) is 80.3 cm³/mol. The lowest BCUT2D eigenvalue weighted by molar-refractivity contribution is 0.154. The quantitative estimate of drug-likeness (QED) is 0.853. The molecule has 0 saturated heterocycles. The second-order valence-electron chi connectivity index (χ2n) is 6.09. The van der Waals surface area contributed by atoms with Crippen LogP contribution in [0.4, 0.5) is 0 Å². The lowest BCUT2D eigenvalue weighted by Crippen LogP contribution is -2.31. The van der Waals surface area contributed by atoms with E-state index in [4.69, 9.17) is 0 Å². The first-order valence-electron chi connectivity index (χ1n) is 7.57. The van der Waals surface area contributed by atoms with Gasteiger partial charge in [-0.05, 0) is 55.3 Å². The van der Waals surface area contributed by atoms with E-state index >= 15 is 0 Å². The van der Waals surface area contributed by atoms with Crippen LogP contribution in [0.5, 0.6) is 0 Å². The number of hydrogen-bond acceptors (Lipinski definition) is 2. The molecule has 2 heteroatoms. The monoisotopic (exact) mass is 261 g/mol. The van der Waals surface area contributed by atoms with E-state index in [1.807, 2.05) is 7.05 Å². The summed E-state index contributed by atoms with van der Waals surface area (Å²) in [6.45, 7) is 4.60. The Morgan fingerprint density at radius 3 is 2.42 bits per heavy atom. The minimum absolute atomic E-state index is 0.236. The molecule has 0 spiro atoms. The van der Waals surface area contributed by atoms with E-state index in [0.29, 0.717) is 5.92 Å². The predicted octanol–water partition coefficient (Wildman–Crippen LogP) is 3.09. The van der Waals surface area contributed by atoms with Gasteiger partial charge in [-0.25, -0.2) is 0 Å². The molecular weight excluding hydrogens is 234 g/mol. The Kier molecular flexibility index (Phi) is 5.00. The van der Waals surface area contributed by atoms with Crippen LogP contribution in [-0.4, -0.2) is 18.8 Å². The Morgan fingerprint density at radius 2 is 1.84 bits per heavy atom. The molecule has 19 heavy (non-hydrogen) atoms. The molecule has 1 aliphatic carbocycles. The minimum Gasteiger partial charge on any atom is -0.396 e. The standard InChI is InChI=1S/C17H27NO/c1-12(2)16(11-19)17(18-3)15-9-8-13-6-4-5-7-14(13)10-15/h8-10,12,16-19H,4-7,11H2,1-3H3. The second kappa shape index (κ2) is 6.53. The van der Waals surface area contributed by atoms with Gasteiger partial charge in [0.05, 0.1) is 0 Å². The maximum atomic E-state index is 9.66. The van der Waals surface area contributed by atoms with Crippen LogP contribution in [-0.2, 0) is 12.8 Å². The van der Waals surface area contributed by atoms with Gasteiger partial charge in [0, 0.05) is 18.6 Å². The smallest absolute Gasteiger partial charge is 0.0479 e. The molecule has 0 aromatic heterocycles. The number of benzene rings is 1. The molecule has 2 N–H and O–H groups in total. The molecule has 0 heterocycles. The average Bonchev–Trinajstić information content (AvgIpc) is 2.43. The van der Waals surface area contributed by atoms with Crippen LogP contribution in [0.3, 0.4) is 0 Å². The lowest BCUT2D eigenvalue weighted by atomic mass is 9.82. The number of nitrogens with one attached hydrogen (secondary N) is 1. The normalized spacial score (nSPS) is 18.2. The molecule has 2 rings (SSSR count). The highest BCUT2D eigenvalue weighted by atomic mass is 16.3. The molecule has 0 amide bonds. The van der Waals surface area contributed by atoms with Gasteiger partial charge < -0.3 is 10.4 Å². The van der Waals surface area contributed by atoms with Crippen molar-refractivity contribution in [3.63, 3.8) is 0 Å². The molecular formula is C17H27NO. The van der Waals surface area contributed by atoms with Crippen molar-refractivity contribution in [3.8, 4) is 0 Å². The van der Waals surface area contributed by atoms with Crippen LogP contribution < -0.4 is 5.32 Å². The van der Waals surface area contributed by atoms with Gasteiger partial charge in [-0.2, -0.15) is 0 Å². The Balaban J connectivity index is 2.27. The number of aryl methyl sites for hydroxylation is 2. The number of aliphatic hydroxyl groups is 1. The molecule has 0 fully saturated rings. The van der Waals surface area contributed by atoms with Crippen LogP contribution in [0.15, 0.2) is 18.2 Å². The minimum atomic E-state index is 0.236. The van der Waals surface area contributed by atoms with Gasteiger partial charge in [0.15, 0.2) is 0 Å². The maximum Gasteiger partial charge on any atom is 0.0479 e. The summed E-state index contributed by atoms with van der Waals surface area (Å²) >= 11 is 0. The molecule has 106 valence electrons. The third-order valence-corrected chi connectivity index (χ3v) is 4.54. The van der Waals surface area contributed by atoms with Gasteiger partial charge in [-0.1, -0.05) is 32.0 Å². The van der Waals surface area contributed by atoms with Crippen molar-refractivity contribution in [1.29, 1.82) is 0 Å². The van der Waals surface area contributed by atoms with Crippen molar-refractivity contribution < 1.29 is 5.11 Å². The lowest BCUT2D eigenvalue weighted by Gasteiger charge is -2.30. The summed E-state index contributed by atoms with van der Waals surface area (Å²) in [7, 11) is 2.00. The first-order valence-corrected chi connectivity index (χ1v) is 7.57. The fourth-order valence-electron chi connectivity index (χ4n) is 3.28. The van der Waals surface area contributed by atoms with E-state index in [2.05, 4.69) is 37.4 Å². The zero-order chi connectivity index (χ0) is 13.8. The Labute approximate surface area is 117 Å². The fourth-order valence-corrected chi connectivity index (χ4v) is 3.28. The summed E-state index contributed by atoms with van der Waals surface area (Å²) in [5.41, 5.74) is 4.37. The van der Waals surface area contributed by atoms with Crippen molar-refractivity contribution in [1.82, 2.24) is 5.32 Å². The largest absolute Gasteiger partial charge is 0.396 e. The molecule has 0 bridgehead atoms. The van der Waals surface area contributed by atoms with E-state index in [-0.39, 0.29) is 18.6 Å². The molecule has 1 aliphatic rings. The maximum absolute atomic E-state index is 9.66. The fraction of sp³-hybridized carbons (Fsp3) is 0.647. The van der Waals surface area contributed by atoms with Gasteiger partial charge in [-0.15, -0.1) is 0 Å². The average molecular weight is 261 g/mol. The van der Waals surface area contributed by atoms with Crippen molar-refractivity contribution in [2.45, 2.75) is 45.6 Å². The molecule has 1 aromatic carbocycles. The molecule has 1 aromatic rings. The van der Waals surface area contributed by atoms with Crippen LogP contribution in [0.2, 0.25) is 0 Å². The van der Waals surface area contributed by atoms with Crippen molar-refractivity contribution >= 4 is 0 Å². The van der Waals surface area contributed by atoms with Gasteiger partial charge >= 0.3 is 0 Å². The number of fused-ring (bicyclic) bond motifs is 1. The van der Waals surface area contributed by atoms with Crippen LogP contribution in [0.1, 0.15) is 49.4 Å². The summed E-state index contributed by atoms with van der Waals surface area (Å²) in [6, 6.07) is 7.15.